The molecule has 0 aliphatic heterocycles. The highest BCUT2D eigenvalue weighted by Gasteiger charge is 2.15. The molecule has 5 nitrogen and oxygen atoms in total. The minimum atomic E-state index is -1.02. The Morgan fingerprint density at radius 2 is 1.74 bits per heavy atom. The van der Waals surface area contributed by atoms with E-state index in [1.165, 1.54) is 0 Å². The zero-order valence-corrected chi connectivity index (χ0v) is 11.3. The summed E-state index contributed by atoms with van der Waals surface area (Å²) < 4.78 is 10.4. The van der Waals surface area contributed by atoms with Crippen LogP contribution in [0.1, 0.15) is 9.67 Å². The number of methoxy groups -OCH3 is 2. The molecular formula is C13H13NO4S. The van der Waals surface area contributed by atoms with E-state index in [1.54, 1.807) is 38.5 Å². The fourth-order valence-corrected chi connectivity index (χ4v) is 2.57. The van der Waals surface area contributed by atoms with Gasteiger partial charge >= 0.3 is 5.97 Å². The van der Waals surface area contributed by atoms with Crippen molar-refractivity contribution in [1.82, 2.24) is 0 Å². The third-order valence-corrected chi connectivity index (χ3v) is 3.78. The van der Waals surface area contributed by atoms with Crippen LogP contribution in [0.15, 0.2) is 24.3 Å². The molecule has 6 heteroatoms. The number of carboxylic acids is 1. The number of hydrogen-bond donors (Lipinski definition) is 2. The highest BCUT2D eigenvalue weighted by Crippen LogP contribution is 2.36. The number of hydrogen-bond acceptors (Lipinski definition) is 5. The highest BCUT2D eigenvalue weighted by atomic mass is 32.1. The first-order chi connectivity index (χ1) is 9.05. The van der Waals surface area contributed by atoms with Crippen molar-refractivity contribution in [2.24, 2.45) is 0 Å². The standard InChI is InChI=1S/C13H13NO4S/c1-17-8-3-7(4-9(5-8)18-2)11-6-10(14)12(19-11)13(15)16/h3-6H,14H2,1-2H3,(H,15,16). The Hall–Kier alpha value is -2.21. The van der Waals surface area contributed by atoms with E-state index >= 15 is 0 Å². The molecule has 1 aromatic carbocycles. The lowest BCUT2D eigenvalue weighted by Gasteiger charge is -2.06. The predicted octanol–water partition coefficient (Wildman–Crippen LogP) is 2.71. The molecule has 2 aromatic rings. The fraction of sp³-hybridized carbons (Fsp3) is 0.154. The lowest BCUT2D eigenvalue weighted by molar-refractivity contribution is 0.0703. The van der Waals surface area contributed by atoms with Crippen LogP contribution in [0.2, 0.25) is 0 Å². The maximum atomic E-state index is 11.0. The van der Waals surface area contributed by atoms with Crippen LogP contribution in [0.5, 0.6) is 11.5 Å². The molecule has 0 spiro atoms. The number of thiophene rings is 1. The van der Waals surface area contributed by atoms with Crippen molar-refractivity contribution < 1.29 is 19.4 Å². The number of anilines is 1. The molecule has 0 aliphatic carbocycles. The Kier molecular flexibility index (Phi) is 3.62. The third-order valence-electron chi connectivity index (χ3n) is 2.59. The van der Waals surface area contributed by atoms with Crippen molar-refractivity contribution in [2.75, 3.05) is 20.0 Å². The Labute approximate surface area is 114 Å². The summed E-state index contributed by atoms with van der Waals surface area (Å²) in [5.74, 6) is 0.250. The second-order valence-electron chi connectivity index (χ2n) is 3.80. The van der Waals surface area contributed by atoms with Gasteiger partial charge in [-0.3, -0.25) is 0 Å². The molecule has 0 atom stereocenters. The molecule has 3 N–H and O–H groups in total. The lowest BCUT2D eigenvalue weighted by atomic mass is 10.1. The highest BCUT2D eigenvalue weighted by molar-refractivity contribution is 7.17. The Balaban J connectivity index is 2.51. The Morgan fingerprint density at radius 3 is 2.16 bits per heavy atom. The van der Waals surface area contributed by atoms with E-state index in [4.69, 9.17) is 20.3 Å². The molecule has 0 unspecified atom stereocenters. The predicted molar refractivity (Wildman–Crippen MR) is 74.2 cm³/mol. The number of nitrogens with two attached hydrogens (primary N) is 1. The zero-order chi connectivity index (χ0) is 14.0. The minimum absolute atomic E-state index is 0.136. The second-order valence-corrected chi connectivity index (χ2v) is 4.85. The quantitative estimate of drug-likeness (QED) is 0.899. The van der Waals surface area contributed by atoms with Crippen LogP contribution >= 0.6 is 11.3 Å². The van der Waals surface area contributed by atoms with Gasteiger partial charge in [-0.25, -0.2) is 4.79 Å². The Bertz CT molecular complexity index is 599. The summed E-state index contributed by atoms with van der Waals surface area (Å²) in [6.45, 7) is 0. The first kappa shape index (κ1) is 13.2. The first-order valence-corrected chi connectivity index (χ1v) is 6.23. The van der Waals surface area contributed by atoms with E-state index in [0.29, 0.717) is 11.5 Å². The van der Waals surface area contributed by atoms with Gasteiger partial charge in [0.1, 0.15) is 16.4 Å². The van der Waals surface area contributed by atoms with Crippen LogP contribution in [-0.4, -0.2) is 25.3 Å². The van der Waals surface area contributed by atoms with Crippen molar-refractivity contribution in [3.05, 3.63) is 29.1 Å². The van der Waals surface area contributed by atoms with Crippen LogP contribution in [0.3, 0.4) is 0 Å². The summed E-state index contributed by atoms with van der Waals surface area (Å²) >= 11 is 1.12. The van der Waals surface area contributed by atoms with Crippen molar-refractivity contribution in [3.8, 4) is 21.9 Å². The summed E-state index contributed by atoms with van der Waals surface area (Å²) in [6, 6.07) is 7.00. The average Bonchev–Trinajstić information content (AvgIpc) is 2.80. The molecule has 2 rings (SSSR count). The fourth-order valence-electron chi connectivity index (χ4n) is 1.66. The molecule has 1 aromatic heterocycles. The second kappa shape index (κ2) is 5.19. The van der Waals surface area contributed by atoms with E-state index in [-0.39, 0.29) is 10.6 Å². The number of carbonyl (C=O) groups is 1. The molecule has 0 radical (unpaired) electrons. The molecule has 1 heterocycles. The van der Waals surface area contributed by atoms with Gasteiger partial charge in [0, 0.05) is 10.9 Å². The average molecular weight is 279 g/mol. The first-order valence-electron chi connectivity index (χ1n) is 5.41. The van der Waals surface area contributed by atoms with Crippen LogP contribution < -0.4 is 15.2 Å². The van der Waals surface area contributed by atoms with E-state index in [0.717, 1.165) is 21.8 Å². The number of carboxylic acid groups (broad SMARTS) is 1. The molecule has 100 valence electrons. The lowest BCUT2D eigenvalue weighted by Crippen LogP contribution is -1.96. The number of ether oxygens (including phenoxy) is 2. The zero-order valence-electron chi connectivity index (χ0n) is 10.5. The molecular weight excluding hydrogens is 266 g/mol. The molecule has 0 fully saturated rings. The van der Waals surface area contributed by atoms with Gasteiger partial charge in [-0.05, 0) is 23.8 Å². The molecule has 19 heavy (non-hydrogen) atoms. The molecule has 0 saturated heterocycles. The molecule has 0 aliphatic rings. The number of aromatic carboxylic acids is 1. The van der Waals surface area contributed by atoms with Gasteiger partial charge in [0.15, 0.2) is 0 Å². The molecule has 0 amide bonds. The summed E-state index contributed by atoms with van der Waals surface area (Å²) in [5, 5.41) is 9.01. The van der Waals surface area contributed by atoms with E-state index in [2.05, 4.69) is 0 Å². The molecule has 0 saturated carbocycles. The van der Waals surface area contributed by atoms with Crippen LogP contribution in [0.4, 0.5) is 5.69 Å². The summed E-state index contributed by atoms with van der Waals surface area (Å²) in [4.78, 5) is 11.9. The van der Waals surface area contributed by atoms with Gasteiger partial charge < -0.3 is 20.3 Å². The molecule has 0 bridgehead atoms. The normalized spacial score (nSPS) is 10.2. The van der Waals surface area contributed by atoms with Crippen molar-refractivity contribution in [3.63, 3.8) is 0 Å². The summed E-state index contributed by atoms with van der Waals surface area (Å²) in [7, 11) is 3.12. The van der Waals surface area contributed by atoms with Gasteiger partial charge in [-0.15, -0.1) is 11.3 Å². The van der Waals surface area contributed by atoms with Crippen LogP contribution in [-0.2, 0) is 0 Å². The number of rotatable bonds is 4. The maximum absolute atomic E-state index is 11.0. The number of nitrogen functional groups attached to an aromatic ring is 1. The van der Waals surface area contributed by atoms with Gasteiger partial charge in [0.05, 0.1) is 19.9 Å². The minimum Gasteiger partial charge on any atom is -0.497 e. The van der Waals surface area contributed by atoms with Gasteiger partial charge in [-0.1, -0.05) is 0 Å². The topological polar surface area (TPSA) is 81.8 Å². The summed E-state index contributed by atoms with van der Waals surface area (Å²) in [5.41, 5.74) is 6.75. The smallest absolute Gasteiger partial charge is 0.348 e. The Morgan fingerprint density at radius 1 is 1.16 bits per heavy atom. The summed E-state index contributed by atoms with van der Waals surface area (Å²) in [6.07, 6.45) is 0. The third kappa shape index (κ3) is 2.63. The van der Waals surface area contributed by atoms with Gasteiger partial charge in [0.2, 0.25) is 0 Å². The van der Waals surface area contributed by atoms with E-state index in [9.17, 15) is 4.79 Å². The number of benzene rings is 1. The van der Waals surface area contributed by atoms with Crippen LogP contribution in [0, 0.1) is 0 Å². The van der Waals surface area contributed by atoms with Crippen molar-refractivity contribution in [1.29, 1.82) is 0 Å². The van der Waals surface area contributed by atoms with E-state index in [1.807, 2.05) is 0 Å². The van der Waals surface area contributed by atoms with Crippen molar-refractivity contribution >= 4 is 23.0 Å². The SMILES string of the molecule is COc1cc(OC)cc(-c2cc(N)c(C(=O)O)s2)c1. The van der Waals surface area contributed by atoms with Crippen LogP contribution in [0.25, 0.3) is 10.4 Å². The largest absolute Gasteiger partial charge is 0.497 e. The van der Waals surface area contributed by atoms with E-state index < -0.39 is 5.97 Å². The maximum Gasteiger partial charge on any atom is 0.348 e. The monoisotopic (exact) mass is 279 g/mol. The van der Waals surface area contributed by atoms with Gasteiger partial charge in [0.25, 0.3) is 0 Å². The van der Waals surface area contributed by atoms with Gasteiger partial charge in [-0.2, -0.15) is 0 Å². The van der Waals surface area contributed by atoms with Crippen molar-refractivity contribution in [2.45, 2.75) is 0 Å².